The fraction of sp³-hybridized carbons (Fsp3) is 0.811. The van der Waals surface area contributed by atoms with Crippen LogP contribution >= 0.6 is 0 Å². The van der Waals surface area contributed by atoms with Gasteiger partial charge in [0.15, 0.2) is 0 Å². The second-order valence-corrected chi connectivity index (χ2v) is 66.3. The molecular formula is C53H102O6SZr. The SMILES string of the molecule is C=C[CH2][Zr](=[O])([CH2]C=C)([CH2]CCCCCCCCCCC)([CH2]CCCCCCCCCCC)([CH2]CCCCCCCCCCC)([CH2]C(C)(C)C)([O]O)[O]S(=O)(=O)c1ccccc1. The number of allylic oxidation sites excluding steroid dienone is 2. The maximum absolute atomic E-state index is 19.8. The van der Waals surface area contributed by atoms with E-state index in [1.54, 1.807) is 30.4 Å². The van der Waals surface area contributed by atoms with Crippen LogP contribution in [0.2, 0.25) is 24.8 Å². The van der Waals surface area contributed by atoms with Gasteiger partial charge < -0.3 is 0 Å². The molecule has 0 saturated heterocycles. The molecule has 0 heterocycles. The molecule has 0 saturated carbocycles. The number of unbranched alkanes of at least 4 members (excludes halogenated alkanes) is 27. The van der Waals surface area contributed by atoms with E-state index < -0.39 is 37.5 Å². The zero-order valence-corrected chi connectivity index (χ0v) is 44.6. The summed E-state index contributed by atoms with van der Waals surface area (Å²) in [4.78, 5) is -0.0978. The number of rotatable bonds is 42. The fourth-order valence-corrected chi connectivity index (χ4v) is 70.9. The molecule has 61 heavy (non-hydrogen) atoms. The summed E-state index contributed by atoms with van der Waals surface area (Å²) in [6.45, 7) is 21.2. The molecule has 0 aliphatic heterocycles. The average Bonchev–Trinajstić information content (AvgIpc) is 3.21. The van der Waals surface area contributed by atoms with E-state index in [1.165, 1.54) is 108 Å². The average molecular weight is 959 g/mol. The van der Waals surface area contributed by atoms with Gasteiger partial charge in [-0.25, -0.2) is 0 Å². The van der Waals surface area contributed by atoms with Crippen LogP contribution in [0.5, 0.6) is 0 Å². The maximum atomic E-state index is 19.8. The van der Waals surface area contributed by atoms with E-state index in [2.05, 4.69) is 33.9 Å². The van der Waals surface area contributed by atoms with Crippen LogP contribution in [0.1, 0.15) is 234 Å². The first kappa shape index (κ1) is 58.2. The summed E-state index contributed by atoms with van der Waals surface area (Å²) in [5.74, 6) is 0. The minimum atomic E-state index is -9.61. The van der Waals surface area contributed by atoms with Gasteiger partial charge in [-0.15, -0.1) is 0 Å². The van der Waals surface area contributed by atoms with Crippen LogP contribution in [0.4, 0.5) is 0 Å². The third-order valence-electron chi connectivity index (χ3n) is 16.8. The molecule has 0 atom stereocenters. The molecule has 0 aromatic heterocycles. The molecule has 0 aliphatic carbocycles. The van der Waals surface area contributed by atoms with Crippen molar-refractivity contribution in [2.75, 3.05) is 0 Å². The van der Waals surface area contributed by atoms with Crippen molar-refractivity contribution in [3.8, 4) is 0 Å². The van der Waals surface area contributed by atoms with Crippen molar-refractivity contribution in [1.82, 2.24) is 0 Å². The van der Waals surface area contributed by atoms with Crippen molar-refractivity contribution in [3.63, 3.8) is 0 Å². The summed E-state index contributed by atoms with van der Waals surface area (Å²) >= 11 is -9.61. The Morgan fingerprint density at radius 3 is 1.05 bits per heavy atom. The topological polar surface area (TPSA) is 89.9 Å². The van der Waals surface area contributed by atoms with Crippen molar-refractivity contribution in [1.29, 1.82) is 0 Å². The Balaban J connectivity index is 4.14. The van der Waals surface area contributed by atoms with E-state index in [9.17, 15) is 5.26 Å². The van der Waals surface area contributed by atoms with Gasteiger partial charge in [-0.2, -0.15) is 0 Å². The predicted molar refractivity (Wildman–Crippen MR) is 263 cm³/mol. The van der Waals surface area contributed by atoms with Crippen molar-refractivity contribution >= 4 is 10.1 Å². The van der Waals surface area contributed by atoms with Crippen LogP contribution in [-0.2, 0) is 31.9 Å². The van der Waals surface area contributed by atoms with Crippen LogP contribution in [0, 0.1) is 5.41 Å². The molecule has 1 aromatic carbocycles. The quantitative estimate of drug-likeness (QED) is 0.0304. The Morgan fingerprint density at radius 2 is 0.803 bits per heavy atom. The van der Waals surface area contributed by atoms with Gasteiger partial charge in [-0.1, -0.05) is 0 Å². The summed E-state index contributed by atoms with van der Waals surface area (Å²) in [5.41, 5.74) is -0.828. The minimum absolute atomic E-state index is 0.0978. The Labute approximate surface area is 368 Å². The van der Waals surface area contributed by atoms with E-state index in [4.69, 9.17) is 5.22 Å². The zero-order valence-electron chi connectivity index (χ0n) is 41.3. The molecular weight excluding hydrogens is 856 g/mol. The zero-order chi connectivity index (χ0) is 45.7. The standard InChI is InChI=1S/3C12H25.C6H6O3S.C5H11.2C3H5.H2O2.O.Zr/c3*1-3-5-7-9-11-12-10-8-6-4-2;7-10(8,9)6-4-2-1-3-5-6;1-5(2,3)4;2*1-3-2;1-2;;/h3*1,3-12H2,2H3;1-5H,(H,7,8,9);1H2,2-4H3;2*3H,1-2H2;1-2H;;/q;;;;;;;;;+2/p-2. The molecule has 0 fully saturated rings. The molecule has 1 rings (SSSR count). The Morgan fingerprint density at radius 1 is 0.525 bits per heavy atom. The molecule has 360 valence electrons. The van der Waals surface area contributed by atoms with E-state index in [1.807, 2.05) is 20.8 Å². The second kappa shape index (κ2) is 22.1. The van der Waals surface area contributed by atoms with Gasteiger partial charge in [0.25, 0.3) is 0 Å². The molecule has 0 radical (unpaired) electrons. The first-order valence-electron chi connectivity index (χ1n) is 26.1. The van der Waals surface area contributed by atoms with Crippen LogP contribution in [0.15, 0.2) is 60.5 Å². The molecule has 1 N–H and O–H groups in total. The van der Waals surface area contributed by atoms with Crippen LogP contribution in [0.25, 0.3) is 0 Å². The number of benzene rings is 1. The first-order chi connectivity index (χ1) is 28.8. The molecule has 0 unspecified atom stereocenters. The predicted octanol–water partition coefficient (Wildman–Crippen LogP) is 19.6. The fourth-order valence-electron chi connectivity index (χ4n) is 14.4. The van der Waals surface area contributed by atoms with E-state index in [0.717, 1.165) is 57.8 Å². The summed E-state index contributed by atoms with van der Waals surface area (Å²) in [5, 5.41) is 12.8. The van der Waals surface area contributed by atoms with Gasteiger partial charge >= 0.3 is 370 Å². The van der Waals surface area contributed by atoms with E-state index >= 15 is 11.2 Å². The number of hydrogen-bond donors (Lipinski definition) is 1. The van der Waals surface area contributed by atoms with Gasteiger partial charge in [0, 0.05) is 0 Å². The number of hydrogen-bond acceptors (Lipinski definition) is 6. The Hall–Kier alpha value is -0.787. The van der Waals surface area contributed by atoms with Gasteiger partial charge in [0.2, 0.25) is 0 Å². The molecule has 0 amide bonds. The van der Waals surface area contributed by atoms with Gasteiger partial charge in [-0.05, 0) is 0 Å². The summed E-state index contributed by atoms with van der Waals surface area (Å²) in [7, 11) is -4.85. The Kier molecular flexibility index (Phi) is 21.1. The normalized spacial score (nSPS) is 16.1. The summed E-state index contributed by atoms with van der Waals surface area (Å²) in [6, 6.07) is 8.09. The first-order valence-corrected chi connectivity index (χ1v) is 41.0. The Bertz CT molecular complexity index is 1650. The van der Waals surface area contributed by atoms with Crippen molar-refractivity contribution in [3.05, 3.63) is 55.6 Å². The third kappa shape index (κ3) is 14.6. The van der Waals surface area contributed by atoms with E-state index in [0.29, 0.717) is 38.5 Å². The molecule has 0 aliphatic rings. The monoisotopic (exact) mass is 957 g/mol. The molecule has 0 spiro atoms. The van der Waals surface area contributed by atoms with Crippen molar-refractivity contribution in [2.24, 2.45) is 5.41 Å². The molecule has 8 heteroatoms. The second-order valence-electron chi connectivity index (χ2n) is 24.1. The van der Waals surface area contributed by atoms with Crippen LogP contribution in [0.3, 0.4) is 0 Å². The molecule has 6 nitrogen and oxygen atoms in total. The summed E-state index contributed by atoms with van der Waals surface area (Å²) in [6.07, 6.45) is 34.3. The summed E-state index contributed by atoms with van der Waals surface area (Å²) < 4.78 is 63.0. The van der Waals surface area contributed by atoms with Crippen LogP contribution < -0.4 is 0 Å². The van der Waals surface area contributed by atoms with Gasteiger partial charge in [-0.3, -0.25) is 0 Å². The van der Waals surface area contributed by atoms with Crippen molar-refractivity contribution < 1.29 is 35.4 Å². The van der Waals surface area contributed by atoms with E-state index in [-0.39, 0.29) is 21.4 Å². The molecule has 1 aromatic rings. The molecule has 0 bridgehead atoms. The third-order valence-corrected chi connectivity index (χ3v) is 66.7. The van der Waals surface area contributed by atoms with Gasteiger partial charge in [0.05, 0.1) is 0 Å². The van der Waals surface area contributed by atoms with Crippen LogP contribution in [-0.4, -0.2) is 13.7 Å². The van der Waals surface area contributed by atoms with Gasteiger partial charge in [0.1, 0.15) is 0 Å². The van der Waals surface area contributed by atoms with Crippen molar-refractivity contribution in [2.45, 2.75) is 264 Å².